The zero-order valence-corrected chi connectivity index (χ0v) is 18.6. The molecule has 3 rings (SSSR count). The van der Waals surface area contributed by atoms with E-state index in [1.807, 2.05) is 61.5 Å². The third-order valence-electron chi connectivity index (χ3n) is 5.13. The summed E-state index contributed by atoms with van der Waals surface area (Å²) < 4.78 is 17.7. The fourth-order valence-electron chi connectivity index (χ4n) is 3.00. The fraction of sp³-hybridized carbons (Fsp3) is 0.667. The zero-order valence-electron chi connectivity index (χ0n) is 18.6. The van der Waals surface area contributed by atoms with Crippen LogP contribution in [0.2, 0.25) is 0 Å². The van der Waals surface area contributed by atoms with Crippen LogP contribution in [0.5, 0.6) is 0 Å². The Morgan fingerprint density at radius 2 is 1.64 bits per heavy atom. The number of fused-ring (bicyclic) bond motifs is 1. The molecule has 28 heavy (non-hydrogen) atoms. The van der Waals surface area contributed by atoms with Crippen molar-refractivity contribution < 1.29 is 18.8 Å². The third kappa shape index (κ3) is 5.07. The SMILES string of the molecule is CC(C)(C)OC(=O)N1Cc2ccc(B3OC(C)(C)C(C)(C)O3)cc2C1.CCN. The van der Waals surface area contributed by atoms with Gasteiger partial charge in [0.1, 0.15) is 5.60 Å². The second-order valence-corrected chi connectivity index (χ2v) is 9.36. The standard InChI is InChI=1S/C19H28BNO4.C2H7N/c1-17(2,3)23-16(22)21-11-13-8-9-15(10-14(13)12-21)20-24-18(4,5)19(6,7)25-20;1-2-3/h8-10H,11-12H2,1-7H3;2-3H2,1H3. The number of rotatable bonds is 1. The summed E-state index contributed by atoms with van der Waals surface area (Å²) in [6.45, 7) is 17.6. The second kappa shape index (κ2) is 8.05. The summed E-state index contributed by atoms with van der Waals surface area (Å²) in [6.07, 6.45) is -0.277. The predicted molar refractivity (Wildman–Crippen MR) is 112 cm³/mol. The molecule has 6 nitrogen and oxygen atoms in total. The van der Waals surface area contributed by atoms with Crippen LogP contribution in [-0.4, -0.2) is 41.5 Å². The highest BCUT2D eigenvalue weighted by Gasteiger charge is 2.51. The number of nitrogens with two attached hydrogens (primary N) is 1. The van der Waals surface area contributed by atoms with Crippen LogP contribution < -0.4 is 11.2 Å². The van der Waals surface area contributed by atoms with Gasteiger partial charge in [0.2, 0.25) is 0 Å². The molecule has 156 valence electrons. The highest BCUT2D eigenvalue weighted by Crippen LogP contribution is 2.36. The topological polar surface area (TPSA) is 74.0 Å². The number of benzene rings is 1. The molecule has 0 saturated carbocycles. The first-order valence-corrected chi connectivity index (χ1v) is 9.95. The number of hydrogen-bond donors (Lipinski definition) is 1. The van der Waals surface area contributed by atoms with Gasteiger partial charge in [0.05, 0.1) is 11.2 Å². The molecule has 0 aliphatic carbocycles. The minimum Gasteiger partial charge on any atom is -0.444 e. The minimum atomic E-state index is -0.486. The minimum absolute atomic E-state index is 0.277. The van der Waals surface area contributed by atoms with Gasteiger partial charge in [-0.25, -0.2) is 4.79 Å². The fourth-order valence-corrected chi connectivity index (χ4v) is 3.00. The Bertz CT molecular complexity index is 697. The van der Waals surface area contributed by atoms with E-state index >= 15 is 0 Å². The van der Waals surface area contributed by atoms with Crippen molar-refractivity contribution >= 4 is 18.7 Å². The molecular weight excluding hydrogens is 355 g/mol. The first kappa shape index (κ1) is 22.7. The number of amides is 1. The molecule has 2 aliphatic heterocycles. The number of carbonyl (C=O) groups is 1. The number of hydrogen-bond acceptors (Lipinski definition) is 5. The molecule has 0 unspecified atom stereocenters. The summed E-state index contributed by atoms with van der Waals surface area (Å²) in [5.74, 6) is 0. The Hall–Kier alpha value is -1.57. The van der Waals surface area contributed by atoms with Gasteiger partial charge in [0.15, 0.2) is 0 Å². The Labute approximate surface area is 169 Å². The van der Waals surface area contributed by atoms with Gasteiger partial charge in [-0.1, -0.05) is 25.1 Å². The van der Waals surface area contributed by atoms with Crippen molar-refractivity contribution in [3.05, 3.63) is 29.3 Å². The number of nitrogens with zero attached hydrogens (tertiary/aromatic N) is 1. The summed E-state index contributed by atoms with van der Waals surface area (Å²) in [6, 6.07) is 6.17. The second-order valence-electron chi connectivity index (χ2n) is 9.36. The van der Waals surface area contributed by atoms with Crippen LogP contribution in [0.4, 0.5) is 4.79 Å². The Kier molecular flexibility index (Phi) is 6.53. The quantitative estimate of drug-likeness (QED) is 0.746. The molecule has 0 spiro atoms. The van der Waals surface area contributed by atoms with Gasteiger partial charge >= 0.3 is 13.2 Å². The van der Waals surface area contributed by atoms with E-state index in [1.165, 1.54) is 0 Å². The van der Waals surface area contributed by atoms with Gasteiger partial charge in [-0.05, 0) is 71.6 Å². The molecule has 0 atom stereocenters. The average Bonchev–Trinajstić information content (AvgIpc) is 3.04. The van der Waals surface area contributed by atoms with E-state index in [4.69, 9.17) is 19.8 Å². The van der Waals surface area contributed by atoms with Crippen molar-refractivity contribution in [1.29, 1.82) is 0 Å². The van der Waals surface area contributed by atoms with Crippen LogP contribution >= 0.6 is 0 Å². The largest absolute Gasteiger partial charge is 0.494 e. The molecule has 1 saturated heterocycles. The lowest BCUT2D eigenvalue weighted by atomic mass is 9.78. The summed E-state index contributed by atoms with van der Waals surface area (Å²) >= 11 is 0. The van der Waals surface area contributed by atoms with Crippen LogP contribution in [0.3, 0.4) is 0 Å². The molecule has 1 aromatic carbocycles. The van der Waals surface area contributed by atoms with Gasteiger partial charge in [-0.2, -0.15) is 0 Å². The molecule has 0 radical (unpaired) electrons. The van der Waals surface area contributed by atoms with Crippen LogP contribution in [0.1, 0.15) is 66.5 Å². The van der Waals surface area contributed by atoms with Gasteiger partial charge < -0.3 is 19.8 Å². The number of ether oxygens (including phenoxy) is 1. The maximum absolute atomic E-state index is 12.3. The van der Waals surface area contributed by atoms with Gasteiger partial charge in [0.25, 0.3) is 0 Å². The van der Waals surface area contributed by atoms with Crippen LogP contribution in [0.15, 0.2) is 18.2 Å². The maximum atomic E-state index is 12.3. The predicted octanol–water partition coefficient (Wildman–Crippen LogP) is 3.20. The van der Waals surface area contributed by atoms with Gasteiger partial charge in [0, 0.05) is 13.1 Å². The molecule has 2 aliphatic rings. The normalized spacial score (nSPS) is 19.8. The molecule has 1 amide bonds. The summed E-state index contributed by atoms with van der Waals surface area (Å²) in [7, 11) is -0.383. The number of carbonyl (C=O) groups excluding carboxylic acids is 1. The molecular formula is C21H35BN2O4. The van der Waals surface area contributed by atoms with Crippen LogP contribution in [0.25, 0.3) is 0 Å². The summed E-state index contributed by atoms with van der Waals surface area (Å²) in [5.41, 5.74) is 6.89. The Morgan fingerprint density at radius 1 is 1.14 bits per heavy atom. The first-order chi connectivity index (χ1) is 12.8. The molecule has 0 aromatic heterocycles. The lowest BCUT2D eigenvalue weighted by molar-refractivity contribution is 0.00578. The highest BCUT2D eigenvalue weighted by atomic mass is 16.7. The zero-order chi connectivity index (χ0) is 21.3. The highest BCUT2D eigenvalue weighted by molar-refractivity contribution is 6.62. The Morgan fingerprint density at radius 3 is 2.14 bits per heavy atom. The van der Waals surface area contributed by atoms with Crippen molar-refractivity contribution in [2.45, 2.75) is 85.3 Å². The van der Waals surface area contributed by atoms with Crippen molar-refractivity contribution in [3.63, 3.8) is 0 Å². The maximum Gasteiger partial charge on any atom is 0.494 e. The van der Waals surface area contributed by atoms with E-state index in [0.717, 1.165) is 23.1 Å². The van der Waals surface area contributed by atoms with Crippen molar-refractivity contribution in [2.75, 3.05) is 6.54 Å². The monoisotopic (exact) mass is 390 g/mol. The van der Waals surface area contributed by atoms with E-state index in [1.54, 1.807) is 4.90 Å². The van der Waals surface area contributed by atoms with E-state index in [-0.39, 0.29) is 24.4 Å². The molecule has 2 N–H and O–H groups in total. The smallest absolute Gasteiger partial charge is 0.444 e. The Balaban J connectivity index is 0.000000878. The van der Waals surface area contributed by atoms with Crippen LogP contribution in [-0.2, 0) is 27.1 Å². The van der Waals surface area contributed by atoms with Gasteiger partial charge in [-0.3, -0.25) is 4.90 Å². The lowest BCUT2D eigenvalue weighted by Crippen LogP contribution is -2.41. The molecule has 0 bridgehead atoms. The average molecular weight is 390 g/mol. The first-order valence-electron chi connectivity index (χ1n) is 9.95. The lowest BCUT2D eigenvalue weighted by Gasteiger charge is -2.32. The van der Waals surface area contributed by atoms with E-state index in [9.17, 15) is 4.79 Å². The summed E-state index contributed by atoms with van der Waals surface area (Å²) in [5, 5.41) is 0. The molecule has 1 aromatic rings. The van der Waals surface area contributed by atoms with Gasteiger partial charge in [-0.15, -0.1) is 0 Å². The summed E-state index contributed by atoms with van der Waals surface area (Å²) in [4.78, 5) is 14.0. The van der Waals surface area contributed by atoms with E-state index < -0.39 is 5.60 Å². The molecule has 1 fully saturated rings. The third-order valence-corrected chi connectivity index (χ3v) is 5.13. The van der Waals surface area contributed by atoms with E-state index in [0.29, 0.717) is 13.1 Å². The van der Waals surface area contributed by atoms with E-state index in [2.05, 4.69) is 12.1 Å². The molecule has 7 heteroatoms. The van der Waals surface area contributed by atoms with Crippen molar-refractivity contribution in [3.8, 4) is 0 Å². The van der Waals surface area contributed by atoms with Crippen molar-refractivity contribution in [1.82, 2.24) is 4.90 Å². The molecule has 2 heterocycles. The van der Waals surface area contributed by atoms with Crippen LogP contribution in [0, 0.1) is 0 Å². The van der Waals surface area contributed by atoms with Crippen molar-refractivity contribution in [2.24, 2.45) is 5.73 Å².